The first-order valence-corrected chi connectivity index (χ1v) is 8.96. The van der Waals surface area contributed by atoms with Crippen LogP contribution in [0.1, 0.15) is 49.9 Å². The zero-order valence-electron chi connectivity index (χ0n) is 14.6. The lowest BCUT2D eigenvalue weighted by Crippen LogP contribution is -2.35. The molecular formula is C18H30N4O. The van der Waals surface area contributed by atoms with Crippen LogP contribution in [0.5, 0.6) is 0 Å². The molecule has 5 heteroatoms. The van der Waals surface area contributed by atoms with Crippen molar-refractivity contribution in [2.24, 2.45) is 0 Å². The van der Waals surface area contributed by atoms with E-state index >= 15 is 0 Å². The van der Waals surface area contributed by atoms with Gasteiger partial charge in [-0.1, -0.05) is 12.8 Å². The summed E-state index contributed by atoms with van der Waals surface area (Å²) in [5.41, 5.74) is 0.636. The summed E-state index contributed by atoms with van der Waals surface area (Å²) in [6, 6.07) is 3.79. The minimum atomic E-state index is -0.0292. The van der Waals surface area contributed by atoms with Crippen LogP contribution in [0, 0.1) is 0 Å². The van der Waals surface area contributed by atoms with E-state index in [0.29, 0.717) is 12.1 Å². The minimum Gasteiger partial charge on any atom is -0.357 e. The van der Waals surface area contributed by atoms with Crippen molar-refractivity contribution in [1.29, 1.82) is 0 Å². The second kappa shape index (κ2) is 9.50. The predicted molar refractivity (Wildman–Crippen MR) is 95.0 cm³/mol. The Balaban J connectivity index is 1.78. The quantitative estimate of drug-likeness (QED) is 0.839. The van der Waals surface area contributed by atoms with Crippen LogP contribution >= 0.6 is 0 Å². The molecule has 2 heterocycles. The van der Waals surface area contributed by atoms with E-state index in [2.05, 4.69) is 33.9 Å². The standard InChI is InChI=1S/C18H30N4O/c1-3-22(4-2)17-10-9-16(15-20-17)18(23)19-11-14-21-12-7-5-6-8-13-21/h9-10,15H,3-8,11-14H2,1-2H3,(H,19,23). The van der Waals surface area contributed by atoms with Crippen LogP contribution in [0.3, 0.4) is 0 Å². The van der Waals surface area contributed by atoms with Crippen molar-refractivity contribution >= 4 is 11.7 Å². The van der Waals surface area contributed by atoms with Crippen molar-refractivity contribution in [3.05, 3.63) is 23.9 Å². The van der Waals surface area contributed by atoms with Crippen LogP contribution in [0.4, 0.5) is 5.82 Å². The fraction of sp³-hybridized carbons (Fsp3) is 0.667. The van der Waals surface area contributed by atoms with Gasteiger partial charge in [0, 0.05) is 32.4 Å². The van der Waals surface area contributed by atoms with Crippen LogP contribution < -0.4 is 10.2 Å². The molecule has 1 aliphatic heterocycles. The van der Waals surface area contributed by atoms with Crippen LogP contribution in [-0.4, -0.2) is 55.1 Å². The van der Waals surface area contributed by atoms with Crippen LogP contribution in [0.25, 0.3) is 0 Å². The van der Waals surface area contributed by atoms with E-state index in [4.69, 9.17) is 0 Å². The molecule has 5 nitrogen and oxygen atoms in total. The molecule has 0 radical (unpaired) electrons. The maximum atomic E-state index is 12.2. The van der Waals surface area contributed by atoms with Crippen molar-refractivity contribution in [2.45, 2.75) is 39.5 Å². The third-order valence-electron chi connectivity index (χ3n) is 4.51. The maximum absolute atomic E-state index is 12.2. The van der Waals surface area contributed by atoms with Gasteiger partial charge in [-0.2, -0.15) is 0 Å². The molecule has 1 fully saturated rings. The van der Waals surface area contributed by atoms with Crippen molar-refractivity contribution in [2.75, 3.05) is 44.2 Å². The van der Waals surface area contributed by atoms with Gasteiger partial charge in [0.1, 0.15) is 5.82 Å². The summed E-state index contributed by atoms with van der Waals surface area (Å²) in [5, 5.41) is 3.01. The van der Waals surface area contributed by atoms with E-state index in [1.807, 2.05) is 12.1 Å². The van der Waals surface area contributed by atoms with E-state index in [-0.39, 0.29) is 5.91 Å². The molecule has 0 aliphatic carbocycles. The highest BCUT2D eigenvalue weighted by Crippen LogP contribution is 2.11. The maximum Gasteiger partial charge on any atom is 0.252 e. The summed E-state index contributed by atoms with van der Waals surface area (Å²) >= 11 is 0. The van der Waals surface area contributed by atoms with Gasteiger partial charge in [-0.15, -0.1) is 0 Å². The number of pyridine rings is 1. The van der Waals surface area contributed by atoms with Gasteiger partial charge in [-0.3, -0.25) is 4.79 Å². The van der Waals surface area contributed by atoms with E-state index < -0.39 is 0 Å². The number of anilines is 1. The van der Waals surface area contributed by atoms with Gasteiger partial charge in [0.2, 0.25) is 0 Å². The second-order valence-corrected chi connectivity index (χ2v) is 6.09. The summed E-state index contributed by atoms with van der Waals surface area (Å²) in [4.78, 5) is 21.2. The predicted octanol–water partition coefficient (Wildman–Crippen LogP) is 2.53. The molecule has 1 N–H and O–H groups in total. The molecule has 1 aromatic rings. The average molecular weight is 318 g/mol. The first-order chi connectivity index (χ1) is 11.2. The fourth-order valence-electron chi connectivity index (χ4n) is 3.04. The molecular weight excluding hydrogens is 288 g/mol. The Morgan fingerprint density at radius 2 is 1.87 bits per heavy atom. The molecule has 0 spiro atoms. The topological polar surface area (TPSA) is 48.5 Å². The van der Waals surface area contributed by atoms with Gasteiger partial charge >= 0.3 is 0 Å². The smallest absolute Gasteiger partial charge is 0.252 e. The van der Waals surface area contributed by atoms with Gasteiger partial charge in [0.25, 0.3) is 5.91 Å². The van der Waals surface area contributed by atoms with Gasteiger partial charge in [-0.25, -0.2) is 4.98 Å². The Bertz CT molecular complexity index is 462. The number of hydrogen-bond donors (Lipinski definition) is 1. The first-order valence-electron chi connectivity index (χ1n) is 8.96. The number of nitrogens with one attached hydrogen (secondary N) is 1. The SMILES string of the molecule is CCN(CC)c1ccc(C(=O)NCCN2CCCCCC2)cn1. The average Bonchev–Trinajstić information content (AvgIpc) is 2.85. The number of carbonyl (C=O) groups excluding carboxylic acids is 1. The molecule has 0 unspecified atom stereocenters. The minimum absolute atomic E-state index is 0.0292. The highest BCUT2D eigenvalue weighted by atomic mass is 16.1. The number of carbonyl (C=O) groups is 1. The molecule has 1 amide bonds. The molecule has 2 rings (SSSR count). The van der Waals surface area contributed by atoms with E-state index in [9.17, 15) is 4.79 Å². The van der Waals surface area contributed by atoms with Crippen LogP contribution in [0.2, 0.25) is 0 Å². The monoisotopic (exact) mass is 318 g/mol. The van der Waals surface area contributed by atoms with Crippen molar-refractivity contribution < 1.29 is 4.79 Å². The molecule has 0 aromatic carbocycles. The Morgan fingerprint density at radius 1 is 1.17 bits per heavy atom. The van der Waals surface area contributed by atoms with Crippen LogP contribution in [-0.2, 0) is 0 Å². The lowest BCUT2D eigenvalue weighted by Gasteiger charge is -2.20. The number of rotatable bonds is 7. The molecule has 0 saturated carbocycles. The summed E-state index contributed by atoms with van der Waals surface area (Å²) in [7, 11) is 0. The van der Waals surface area contributed by atoms with E-state index in [1.165, 1.54) is 25.7 Å². The molecule has 0 bridgehead atoms. The largest absolute Gasteiger partial charge is 0.357 e. The molecule has 0 atom stereocenters. The highest BCUT2D eigenvalue weighted by Gasteiger charge is 2.11. The van der Waals surface area contributed by atoms with Gasteiger partial charge in [0.05, 0.1) is 5.56 Å². The number of nitrogens with zero attached hydrogens (tertiary/aromatic N) is 3. The Morgan fingerprint density at radius 3 is 2.43 bits per heavy atom. The summed E-state index contributed by atoms with van der Waals surface area (Å²) in [6.07, 6.45) is 6.92. The molecule has 23 heavy (non-hydrogen) atoms. The highest BCUT2D eigenvalue weighted by molar-refractivity contribution is 5.94. The molecule has 1 aliphatic rings. The third kappa shape index (κ3) is 5.50. The molecule has 1 saturated heterocycles. The fourth-order valence-corrected chi connectivity index (χ4v) is 3.04. The molecule has 128 valence electrons. The third-order valence-corrected chi connectivity index (χ3v) is 4.51. The number of hydrogen-bond acceptors (Lipinski definition) is 4. The van der Waals surface area contributed by atoms with Gasteiger partial charge < -0.3 is 15.1 Å². The zero-order valence-corrected chi connectivity index (χ0v) is 14.6. The lowest BCUT2D eigenvalue weighted by atomic mass is 10.2. The van der Waals surface area contributed by atoms with E-state index in [0.717, 1.165) is 38.5 Å². The summed E-state index contributed by atoms with van der Waals surface area (Å²) in [5.74, 6) is 0.898. The Labute approximate surface area is 140 Å². The Kier molecular flexibility index (Phi) is 7.33. The van der Waals surface area contributed by atoms with Gasteiger partial charge in [0.15, 0.2) is 0 Å². The normalized spacial score (nSPS) is 15.9. The van der Waals surface area contributed by atoms with Crippen molar-refractivity contribution in [1.82, 2.24) is 15.2 Å². The number of likely N-dealkylation sites (tertiary alicyclic amines) is 1. The summed E-state index contributed by atoms with van der Waals surface area (Å²) in [6.45, 7) is 10.0. The van der Waals surface area contributed by atoms with Crippen molar-refractivity contribution in [3.8, 4) is 0 Å². The van der Waals surface area contributed by atoms with Gasteiger partial charge in [-0.05, 0) is 51.9 Å². The number of aromatic nitrogens is 1. The molecule has 1 aromatic heterocycles. The van der Waals surface area contributed by atoms with Crippen molar-refractivity contribution in [3.63, 3.8) is 0 Å². The second-order valence-electron chi connectivity index (χ2n) is 6.09. The Hall–Kier alpha value is -1.62. The lowest BCUT2D eigenvalue weighted by molar-refractivity contribution is 0.0948. The zero-order chi connectivity index (χ0) is 16.5. The summed E-state index contributed by atoms with van der Waals surface area (Å²) < 4.78 is 0. The first kappa shape index (κ1) is 17.7. The van der Waals surface area contributed by atoms with E-state index in [1.54, 1.807) is 6.20 Å². The number of amides is 1. The van der Waals surface area contributed by atoms with Crippen LogP contribution in [0.15, 0.2) is 18.3 Å².